The molecular weight excluding hydrogens is 224 g/mol. The van der Waals surface area contributed by atoms with Gasteiger partial charge < -0.3 is 9.47 Å². The number of hydrogen-bond donors (Lipinski definition) is 0. The first kappa shape index (κ1) is 11.5. The monoisotopic (exact) mass is 240 g/mol. The molecule has 0 unspecified atom stereocenters. The molecular formula is C16H16O2. The smallest absolute Gasteiger partial charge is 0.184 e. The molecule has 1 heterocycles. The van der Waals surface area contributed by atoms with Crippen LogP contribution in [-0.2, 0) is 9.47 Å². The fourth-order valence-electron chi connectivity index (χ4n) is 2.32. The number of ether oxygens (including phenoxy) is 2. The lowest BCUT2D eigenvalue weighted by molar-refractivity contribution is -0.0436. The predicted molar refractivity (Wildman–Crippen MR) is 71.3 cm³/mol. The highest BCUT2D eigenvalue weighted by molar-refractivity contribution is 5.68. The minimum Gasteiger partial charge on any atom is -0.346 e. The Morgan fingerprint density at radius 3 is 2.50 bits per heavy atom. The summed E-state index contributed by atoms with van der Waals surface area (Å²) in [6, 6.07) is 16.8. The molecule has 1 saturated heterocycles. The maximum Gasteiger partial charge on any atom is 0.184 e. The first-order chi connectivity index (χ1) is 8.84. The van der Waals surface area contributed by atoms with Crippen molar-refractivity contribution in [3.05, 3.63) is 59.7 Å². The summed E-state index contributed by atoms with van der Waals surface area (Å²) in [6.07, 6.45) is -0.221. The number of rotatable bonds is 2. The SMILES string of the molecule is Cc1cccc(-c2ccccc2C2OCCO2)c1. The van der Waals surface area contributed by atoms with Crippen molar-refractivity contribution in [1.82, 2.24) is 0 Å². The third-order valence-electron chi connectivity index (χ3n) is 3.17. The molecule has 2 aromatic carbocycles. The van der Waals surface area contributed by atoms with E-state index in [9.17, 15) is 0 Å². The lowest BCUT2D eigenvalue weighted by Crippen LogP contribution is -2.00. The van der Waals surface area contributed by atoms with E-state index >= 15 is 0 Å². The average Bonchev–Trinajstić information content (AvgIpc) is 2.92. The third kappa shape index (κ3) is 2.17. The van der Waals surface area contributed by atoms with E-state index in [-0.39, 0.29) is 6.29 Å². The summed E-state index contributed by atoms with van der Waals surface area (Å²) in [7, 11) is 0. The van der Waals surface area contributed by atoms with Gasteiger partial charge in [-0.1, -0.05) is 54.1 Å². The summed E-state index contributed by atoms with van der Waals surface area (Å²) in [6.45, 7) is 3.45. The van der Waals surface area contributed by atoms with E-state index in [4.69, 9.17) is 9.47 Å². The van der Waals surface area contributed by atoms with Gasteiger partial charge in [-0.3, -0.25) is 0 Å². The van der Waals surface area contributed by atoms with E-state index in [1.54, 1.807) is 0 Å². The molecule has 2 heteroatoms. The largest absolute Gasteiger partial charge is 0.346 e. The highest BCUT2D eigenvalue weighted by atomic mass is 16.7. The van der Waals surface area contributed by atoms with Gasteiger partial charge in [0.25, 0.3) is 0 Å². The van der Waals surface area contributed by atoms with Crippen LogP contribution in [0.25, 0.3) is 11.1 Å². The van der Waals surface area contributed by atoms with Gasteiger partial charge in [-0.2, -0.15) is 0 Å². The molecule has 0 N–H and O–H groups in total. The summed E-state index contributed by atoms with van der Waals surface area (Å²) in [4.78, 5) is 0. The zero-order valence-corrected chi connectivity index (χ0v) is 10.4. The van der Waals surface area contributed by atoms with Crippen LogP contribution in [0.2, 0.25) is 0 Å². The molecule has 0 aliphatic carbocycles. The van der Waals surface area contributed by atoms with Gasteiger partial charge in [-0.15, -0.1) is 0 Å². The van der Waals surface area contributed by atoms with Crippen LogP contribution in [0.5, 0.6) is 0 Å². The molecule has 1 aliphatic heterocycles. The van der Waals surface area contributed by atoms with Crippen molar-refractivity contribution < 1.29 is 9.47 Å². The first-order valence-electron chi connectivity index (χ1n) is 6.24. The van der Waals surface area contributed by atoms with Crippen LogP contribution in [0.1, 0.15) is 17.4 Å². The summed E-state index contributed by atoms with van der Waals surface area (Å²) in [5, 5.41) is 0. The second kappa shape index (κ2) is 4.92. The van der Waals surface area contributed by atoms with E-state index < -0.39 is 0 Å². The molecule has 0 atom stereocenters. The number of hydrogen-bond acceptors (Lipinski definition) is 2. The van der Waals surface area contributed by atoms with Crippen molar-refractivity contribution in [1.29, 1.82) is 0 Å². The zero-order valence-electron chi connectivity index (χ0n) is 10.4. The van der Waals surface area contributed by atoms with Crippen LogP contribution in [0.4, 0.5) is 0 Å². The van der Waals surface area contributed by atoms with E-state index in [0.717, 1.165) is 5.56 Å². The minimum atomic E-state index is -0.221. The molecule has 3 rings (SSSR count). The van der Waals surface area contributed by atoms with Gasteiger partial charge in [0, 0.05) is 5.56 Å². The van der Waals surface area contributed by atoms with Crippen LogP contribution in [-0.4, -0.2) is 13.2 Å². The molecule has 0 radical (unpaired) electrons. The Kier molecular flexibility index (Phi) is 3.13. The fraction of sp³-hybridized carbons (Fsp3) is 0.250. The maximum absolute atomic E-state index is 5.61. The molecule has 2 nitrogen and oxygen atoms in total. The van der Waals surface area contributed by atoms with Gasteiger partial charge in [0.05, 0.1) is 13.2 Å². The van der Waals surface area contributed by atoms with Crippen molar-refractivity contribution in [3.63, 3.8) is 0 Å². The van der Waals surface area contributed by atoms with Gasteiger partial charge in [0.2, 0.25) is 0 Å². The Morgan fingerprint density at radius 1 is 0.944 bits per heavy atom. The molecule has 1 fully saturated rings. The summed E-state index contributed by atoms with van der Waals surface area (Å²) >= 11 is 0. The Balaban J connectivity index is 2.06. The van der Waals surface area contributed by atoms with Crippen molar-refractivity contribution in [2.24, 2.45) is 0 Å². The Morgan fingerprint density at radius 2 is 1.72 bits per heavy atom. The van der Waals surface area contributed by atoms with Crippen LogP contribution >= 0.6 is 0 Å². The highest BCUT2D eigenvalue weighted by Gasteiger charge is 2.21. The first-order valence-corrected chi connectivity index (χ1v) is 6.24. The Hall–Kier alpha value is -1.64. The molecule has 1 aliphatic rings. The van der Waals surface area contributed by atoms with E-state index in [1.807, 2.05) is 6.07 Å². The van der Waals surface area contributed by atoms with Gasteiger partial charge in [0.1, 0.15) is 0 Å². The predicted octanol–water partition coefficient (Wildman–Crippen LogP) is 3.71. The van der Waals surface area contributed by atoms with Crippen LogP contribution in [0, 0.1) is 6.92 Å². The van der Waals surface area contributed by atoms with Gasteiger partial charge in [-0.25, -0.2) is 0 Å². The third-order valence-corrected chi connectivity index (χ3v) is 3.17. The molecule has 0 spiro atoms. The van der Waals surface area contributed by atoms with E-state index in [2.05, 4.69) is 49.4 Å². The molecule has 2 aromatic rings. The summed E-state index contributed by atoms with van der Waals surface area (Å²) in [5.74, 6) is 0. The lowest BCUT2D eigenvalue weighted by atomic mass is 9.98. The maximum atomic E-state index is 5.61. The standard InChI is InChI=1S/C16H16O2/c1-12-5-4-6-13(11-12)14-7-2-3-8-15(14)16-17-9-10-18-16/h2-8,11,16H,9-10H2,1H3. The lowest BCUT2D eigenvalue weighted by Gasteiger charge is -2.15. The van der Waals surface area contributed by atoms with Gasteiger partial charge in [-0.05, 0) is 18.1 Å². The van der Waals surface area contributed by atoms with Gasteiger partial charge in [0.15, 0.2) is 6.29 Å². The Labute approximate surface area is 107 Å². The van der Waals surface area contributed by atoms with Gasteiger partial charge >= 0.3 is 0 Å². The average molecular weight is 240 g/mol. The molecule has 92 valence electrons. The molecule has 0 aromatic heterocycles. The molecule has 0 amide bonds. The van der Waals surface area contributed by atoms with Crippen molar-refractivity contribution in [2.45, 2.75) is 13.2 Å². The minimum absolute atomic E-state index is 0.221. The molecule has 18 heavy (non-hydrogen) atoms. The second-order valence-corrected chi connectivity index (χ2v) is 4.53. The van der Waals surface area contributed by atoms with Crippen molar-refractivity contribution in [2.75, 3.05) is 13.2 Å². The fourth-order valence-corrected chi connectivity index (χ4v) is 2.32. The quantitative estimate of drug-likeness (QED) is 0.796. The van der Waals surface area contributed by atoms with E-state index in [1.165, 1.54) is 16.7 Å². The van der Waals surface area contributed by atoms with E-state index in [0.29, 0.717) is 13.2 Å². The second-order valence-electron chi connectivity index (χ2n) is 4.53. The number of benzene rings is 2. The zero-order chi connectivity index (χ0) is 12.4. The van der Waals surface area contributed by atoms with Crippen LogP contribution < -0.4 is 0 Å². The highest BCUT2D eigenvalue weighted by Crippen LogP contribution is 2.32. The molecule has 0 saturated carbocycles. The van der Waals surface area contributed by atoms with Crippen molar-refractivity contribution >= 4 is 0 Å². The summed E-state index contributed by atoms with van der Waals surface area (Å²) < 4.78 is 11.2. The molecule has 0 bridgehead atoms. The number of aryl methyl sites for hydroxylation is 1. The van der Waals surface area contributed by atoms with Crippen molar-refractivity contribution in [3.8, 4) is 11.1 Å². The normalized spacial score (nSPS) is 16.1. The van der Waals surface area contributed by atoms with Crippen LogP contribution in [0.15, 0.2) is 48.5 Å². The topological polar surface area (TPSA) is 18.5 Å². The summed E-state index contributed by atoms with van der Waals surface area (Å²) in [5.41, 5.74) is 4.77. The Bertz CT molecular complexity index is 542. The van der Waals surface area contributed by atoms with Crippen LogP contribution in [0.3, 0.4) is 0 Å².